The molecule has 1 aliphatic carbocycles. The Morgan fingerprint density at radius 2 is 2.10 bits per heavy atom. The van der Waals surface area contributed by atoms with Gasteiger partial charge in [-0.25, -0.2) is 0 Å². The van der Waals surface area contributed by atoms with Gasteiger partial charge in [-0.1, -0.05) is 11.6 Å². The van der Waals surface area contributed by atoms with Crippen LogP contribution < -0.4 is 0 Å². The topological polar surface area (TPSA) is 29.5 Å². The van der Waals surface area contributed by atoms with Gasteiger partial charge < -0.3 is 9.64 Å². The van der Waals surface area contributed by atoms with Crippen LogP contribution in [0.1, 0.15) is 19.8 Å². The van der Waals surface area contributed by atoms with Crippen molar-refractivity contribution in [2.45, 2.75) is 36.0 Å². The fourth-order valence-electron chi connectivity index (χ4n) is 2.77. The van der Waals surface area contributed by atoms with Crippen LogP contribution in [0.3, 0.4) is 0 Å². The maximum absolute atomic E-state index is 12.7. The number of rotatable bonds is 4. The molecule has 2 aliphatic rings. The molecule has 1 aromatic carbocycles. The molecule has 114 valence electrons. The fourth-order valence-corrected chi connectivity index (χ4v) is 3.83. The molecular formula is C16H20ClNO2S. The van der Waals surface area contributed by atoms with Crippen molar-refractivity contribution >= 4 is 29.3 Å². The van der Waals surface area contributed by atoms with E-state index in [2.05, 4.69) is 4.90 Å². The predicted molar refractivity (Wildman–Crippen MR) is 85.8 cm³/mol. The molecule has 5 heteroatoms. The van der Waals surface area contributed by atoms with Gasteiger partial charge in [0.2, 0.25) is 5.91 Å². The third kappa shape index (κ3) is 3.74. The Bertz CT molecular complexity index is 504. The van der Waals surface area contributed by atoms with Crippen LogP contribution in [0.25, 0.3) is 0 Å². The first-order valence-electron chi connectivity index (χ1n) is 7.45. The number of benzene rings is 1. The van der Waals surface area contributed by atoms with Crippen molar-refractivity contribution in [2.24, 2.45) is 5.92 Å². The van der Waals surface area contributed by atoms with E-state index in [4.69, 9.17) is 16.3 Å². The molecule has 0 aromatic heterocycles. The number of halogens is 1. The summed E-state index contributed by atoms with van der Waals surface area (Å²) in [6.07, 6.45) is 2.47. The van der Waals surface area contributed by atoms with Crippen molar-refractivity contribution in [3.05, 3.63) is 29.3 Å². The summed E-state index contributed by atoms with van der Waals surface area (Å²) < 4.78 is 5.56. The summed E-state index contributed by atoms with van der Waals surface area (Å²) in [5.41, 5.74) is 0. The Kier molecular flexibility index (Phi) is 4.77. The van der Waals surface area contributed by atoms with E-state index >= 15 is 0 Å². The van der Waals surface area contributed by atoms with E-state index in [0.717, 1.165) is 16.5 Å². The maximum atomic E-state index is 12.7. The van der Waals surface area contributed by atoms with E-state index < -0.39 is 0 Å². The first kappa shape index (κ1) is 15.2. The SMILES string of the molecule is C[C@H](Sc1ccc(Cl)cc1)C(=O)N1CCOC[C@@H]1C1CC1. The van der Waals surface area contributed by atoms with Crippen molar-refractivity contribution in [1.29, 1.82) is 0 Å². The molecule has 1 aromatic rings. The number of amides is 1. The molecular weight excluding hydrogens is 306 g/mol. The number of nitrogens with zero attached hydrogens (tertiary/aromatic N) is 1. The second-order valence-corrected chi connectivity index (χ2v) is 7.58. The van der Waals surface area contributed by atoms with Crippen LogP contribution >= 0.6 is 23.4 Å². The summed E-state index contributed by atoms with van der Waals surface area (Å²) in [7, 11) is 0. The maximum Gasteiger partial charge on any atom is 0.236 e. The van der Waals surface area contributed by atoms with Crippen molar-refractivity contribution in [3.8, 4) is 0 Å². The molecule has 1 aliphatic heterocycles. The zero-order chi connectivity index (χ0) is 14.8. The van der Waals surface area contributed by atoms with E-state index in [9.17, 15) is 4.79 Å². The summed E-state index contributed by atoms with van der Waals surface area (Å²) in [5, 5.41) is 0.644. The molecule has 0 bridgehead atoms. The van der Waals surface area contributed by atoms with Gasteiger partial charge >= 0.3 is 0 Å². The summed E-state index contributed by atoms with van der Waals surface area (Å²) in [6.45, 7) is 4.08. The van der Waals surface area contributed by atoms with Crippen molar-refractivity contribution in [3.63, 3.8) is 0 Å². The highest BCUT2D eigenvalue weighted by Gasteiger charge is 2.40. The molecule has 2 atom stereocenters. The smallest absolute Gasteiger partial charge is 0.236 e. The molecule has 21 heavy (non-hydrogen) atoms. The molecule has 0 unspecified atom stereocenters. The average Bonchev–Trinajstić information content (AvgIpc) is 3.33. The number of ether oxygens (including phenoxy) is 1. The lowest BCUT2D eigenvalue weighted by Crippen LogP contribution is -2.52. The van der Waals surface area contributed by atoms with E-state index in [1.807, 2.05) is 31.2 Å². The second kappa shape index (κ2) is 6.59. The van der Waals surface area contributed by atoms with Gasteiger partial charge in [-0.2, -0.15) is 0 Å². The summed E-state index contributed by atoms with van der Waals surface area (Å²) in [4.78, 5) is 15.9. The van der Waals surface area contributed by atoms with Crippen LogP contribution in [0.15, 0.2) is 29.2 Å². The summed E-state index contributed by atoms with van der Waals surface area (Å²) in [5.74, 6) is 0.886. The predicted octanol–water partition coefficient (Wildman–Crippen LogP) is 3.46. The van der Waals surface area contributed by atoms with Crippen molar-refractivity contribution < 1.29 is 9.53 Å². The zero-order valence-electron chi connectivity index (χ0n) is 12.1. The Hall–Kier alpha value is -0.710. The molecule has 0 spiro atoms. The normalized spacial score (nSPS) is 23.9. The first-order chi connectivity index (χ1) is 10.1. The fraction of sp³-hybridized carbons (Fsp3) is 0.562. The molecule has 2 fully saturated rings. The molecule has 1 heterocycles. The van der Waals surface area contributed by atoms with Gasteiger partial charge in [0.1, 0.15) is 0 Å². The first-order valence-corrected chi connectivity index (χ1v) is 8.71. The molecule has 1 saturated heterocycles. The van der Waals surface area contributed by atoms with Gasteiger partial charge in [-0.05, 0) is 49.9 Å². The number of carbonyl (C=O) groups is 1. The lowest BCUT2D eigenvalue weighted by atomic mass is 10.1. The molecule has 3 nitrogen and oxygen atoms in total. The van der Waals surface area contributed by atoms with Gasteiger partial charge in [0, 0.05) is 16.5 Å². The minimum atomic E-state index is -0.0782. The van der Waals surface area contributed by atoms with Crippen LogP contribution in [0.2, 0.25) is 5.02 Å². The van der Waals surface area contributed by atoms with Gasteiger partial charge in [0.05, 0.1) is 24.5 Å². The van der Waals surface area contributed by atoms with E-state index in [-0.39, 0.29) is 11.2 Å². The van der Waals surface area contributed by atoms with Gasteiger partial charge in [-0.3, -0.25) is 4.79 Å². The van der Waals surface area contributed by atoms with Crippen LogP contribution in [-0.4, -0.2) is 41.9 Å². The highest BCUT2D eigenvalue weighted by atomic mass is 35.5. The third-order valence-electron chi connectivity index (χ3n) is 4.09. The molecule has 1 amide bonds. The number of hydrogen-bond acceptors (Lipinski definition) is 3. The van der Waals surface area contributed by atoms with E-state index in [1.54, 1.807) is 11.8 Å². The number of hydrogen-bond donors (Lipinski definition) is 0. The zero-order valence-corrected chi connectivity index (χ0v) is 13.7. The lowest BCUT2D eigenvalue weighted by molar-refractivity contribution is -0.139. The van der Waals surface area contributed by atoms with Crippen molar-refractivity contribution in [1.82, 2.24) is 4.90 Å². The van der Waals surface area contributed by atoms with Crippen molar-refractivity contribution in [2.75, 3.05) is 19.8 Å². The second-order valence-electron chi connectivity index (χ2n) is 5.73. The lowest BCUT2D eigenvalue weighted by Gasteiger charge is -2.37. The highest BCUT2D eigenvalue weighted by molar-refractivity contribution is 8.00. The monoisotopic (exact) mass is 325 g/mol. The van der Waals surface area contributed by atoms with Gasteiger partial charge in [0.25, 0.3) is 0 Å². The Morgan fingerprint density at radius 3 is 2.76 bits per heavy atom. The van der Waals surface area contributed by atoms with Crippen LogP contribution in [0.5, 0.6) is 0 Å². The van der Waals surface area contributed by atoms with Crippen LogP contribution in [-0.2, 0) is 9.53 Å². The van der Waals surface area contributed by atoms with E-state index in [1.165, 1.54) is 12.8 Å². The standard InChI is InChI=1S/C16H20ClNO2S/c1-11(21-14-6-4-13(17)5-7-14)16(19)18-8-9-20-10-15(18)12-2-3-12/h4-7,11-12,15H,2-3,8-10H2,1H3/t11-,15+/m0/s1. The Labute approximate surface area is 135 Å². The highest BCUT2D eigenvalue weighted by Crippen LogP contribution is 2.37. The van der Waals surface area contributed by atoms with Gasteiger partial charge in [0.15, 0.2) is 0 Å². The summed E-state index contributed by atoms with van der Waals surface area (Å²) in [6, 6.07) is 7.95. The Balaban J connectivity index is 1.63. The minimum absolute atomic E-state index is 0.0782. The Morgan fingerprint density at radius 1 is 1.38 bits per heavy atom. The number of morpholine rings is 1. The summed E-state index contributed by atoms with van der Waals surface area (Å²) >= 11 is 7.49. The molecule has 1 saturated carbocycles. The largest absolute Gasteiger partial charge is 0.377 e. The molecule has 0 radical (unpaired) electrons. The van der Waals surface area contributed by atoms with Crippen LogP contribution in [0, 0.1) is 5.92 Å². The average molecular weight is 326 g/mol. The minimum Gasteiger partial charge on any atom is -0.377 e. The number of thioether (sulfide) groups is 1. The molecule has 3 rings (SSSR count). The van der Waals surface area contributed by atoms with E-state index in [0.29, 0.717) is 25.2 Å². The third-order valence-corrected chi connectivity index (χ3v) is 5.44. The van der Waals surface area contributed by atoms with Gasteiger partial charge in [-0.15, -0.1) is 11.8 Å². The molecule has 0 N–H and O–H groups in total. The van der Waals surface area contributed by atoms with Crippen LogP contribution in [0.4, 0.5) is 0 Å². The quantitative estimate of drug-likeness (QED) is 0.794. The number of carbonyl (C=O) groups excluding carboxylic acids is 1.